The van der Waals surface area contributed by atoms with Crippen LogP contribution in [-0.2, 0) is 18.3 Å². The Balaban J connectivity index is 2.37. The molecule has 0 aromatic carbocycles. The predicted molar refractivity (Wildman–Crippen MR) is 82.7 cm³/mol. The molecule has 3 N–H and O–H groups in total. The van der Waals surface area contributed by atoms with Crippen molar-refractivity contribution < 1.29 is 4.74 Å². The number of nitrogen functional groups attached to an aromatic ring is 1. The first-order valence-corrected chi connectivity index (χ1v) is 7.49. The predicted octanol–water partition coefficient (Wildman–Crippen LogP) is 0.520. The molecule has 1 unspecified atom stereocenters. The fraction of sp³-hybridized carbons (Fsp3) is 0.714. The van der Waals surface area contributed by atoms with Crippen molar-refractivity contribution in [1.82, 2.24) is 9.13 Å². The third-order valence-electron chi connectivity index (χ3n) is 3.83. The van der Waals surface area contributed by atoms with Crippen LogP contribution < -0.4 is 22.3 Å². The molecule has 7 heteroatoms. The molecule has 1 aliphatic heterocycles. The number of nitrogens with zero attached hydrogens (tertiary/aromatic N) is 2. The van der Waals surface area contributed by atoms with E-state index in [1.54, 1.807) is 0 Å². The smallest absolute Gasteiger partial charge is 0.332 e. The van der Waals surface area contributed by atoms with Crippen LogP contribution >= 0.6 is 0 Å². The lowest BCUT2D eigenvalue weighted by Gasteiger charge is -2.25. The zero-order valence-electron chi connectivity index (χ0n) is 12.7. The summed E-state index contributed by atoms with van der Waals surface area (Å²) in [4.78, 5) is 24.4. The molecule has 1 aromatic heterocycles. The van der Waals surface area contributed by atoms with Crippen LogP contribution in [0.2, 0.25) is 0 Å². The quantitative estimate of drug-likeness (QED) is 0.826. The second-order valence-electron chi connectivity index (χ2n) is 5.47. The van der Waals surface area contributed by atoms with Crippen molar-refractivity contribution >= 4 is 11.5 Å². The van der Waals surface area contributed by atoms with Gasteiger partial charge in [-0.05, 0) is 19.3 Å². The lowest BCUT2D eigenvalue weighted by atomic mass is 10.1. The summed E-state index contributed by atoms with van der Waals surface area (Å²) in [5.74, 6) is 0.224. The summed E-state index contributed by atoms with van der Waals surface area (Å²) in [7, 11) is 1.48. The maximum atomic E-state index is 12.3. The van der Waals surface area contributed by atoms with Crippen molar-refractivity contribution in [3.8, 4) is 0 Å². The first-order valence-electron chi connectivity index (χ1n) is 7.49. The summed E-state index contributed by atoms with van der Waals surface area (Å²) in [6, 6.07) is 0.0610. The lowest BCUT2D eigenvalue weighted by Crippen LogP contribution is -2.42. The third kappa shape index (κ3) is 3.29. The largest absolute Gasteiger partial charge is 0.383 e. The van der Waals surface area contributed by atoms with Gasteiger partial charge in [0.25, 0.3) is 5.56 Å². The first kappa shape index (κ1) is 15.6. The molecular weight excluding hydrogens is 272 g/mol. The van der Waals surface area contributed by atoms with E-state index in [9.17, 15) is 9.59 Å². The molecule has 1 atom stereocenters. The van der Waals surface area contributed by atoms with Gasteiger partial charge in [0, 0.05) is 26.2 Å². The maximum Gasteiger partial charge on any atom is 0.332 e. The van der Waals surface area contributed by atoms with Crippen molar-refractivity contribution in [2.45, 2.75) is 45.2 Å². The number of nitrogens with one attached hydrogen (secondary N) is 1. The van der Waals surface area contributed by atoms with Crippen LogP contribution in [0, 0.1) is 0 Å². The molecule has 0 aliphatic carbocycles. The highest BCUT2D eigenvalue weighted by Gasteiger charge is 2.20. The van der Waals surface area contributed by atoms with Gasteiger partial charge in [0.1, 0.15) is 11.5 Å². The van der Waals surface area contributed by atoms with E-state index in [0.717, 1.165) is 36.9 Å². The Kier molecular flexibility index (Phi) is 5.06. The van der Waals surface area contributed by atoms with Crippen LogP contribution in [0.25, 0.3) is 0 Å². The van der Waals surface area contributed by atoms with E-state index in [1.165, 1.54) is 11.6 Å². The Morgan fingerprint density at radius 1 is 1.43 bits per heavy atom. The van der Waals surface area contributed by atoms with Gasteiger partial charge in [-0.15, -0.1) is 0 Å². The van der Waals surface area contributed by atoms with Crippen LogP contribution in [0.1, 0.15) is 32.6 Å². The highest BCUT2D eigenvalue weighted by molar-refractivity contribution is 5.61. The van der Waals surface area contributed by atoms with Gasteiger partial charge in [0.2, 0.25) is 0 Å². The molecule has 0 amide bonds. The fourth-order valence-corrected chi connectivity index (χ4v) is 2.51. The third-order valence-corrected chi connectivity index (χ3v) is 3.83. The second-order valence-corrected chi connectivity index (χ2v) is 5.47. The molecule has 1 aliphatic rings. The molecule has 0 saturated carbocycles. The van der Waals surface area contributed by atoms with E-state index in [4.69, 9.17) is 10.5 Å². The van der Waals surface area contributed by atoms with Gasteiger partial charge in [-0.25, -0.2) is 4.79 Å². The average Bonchev–Trinajstić information content (AvgIpc) is 2.51. The van der Waals surface area contributed by atoms with Crippen LogP contribution in [0.15, 0.2) is 9.59 Å². The zero-order chi connectivity index (χ0) is 15.4. The van der Waals surface area contributed by atoms with E-state index in [2.05, 4.69) is 5.32 Å². The lowest BCUT2D eigenvalue weighted by molar-refractivity contribution is 0.0875. The summed E-state index contributed by atoms with van der Waals surface area (Å²) >= 11 is 0. The van der Waals surface area contributed by atoms with Gasteiger partial charge in [0.05, 0.1) is 6.61 Å². The van der Waals surface area contributed by atoms with Gasteiger partial charge < -0.3 is 15.8 Å². The molecule has 0 radical (unpaired) electrons. The van der Waals surface area contributed by atoms with Crippen molar-refractivity contribution in [3.05, 3.63) is 20.8 Å². The Morgan fingerprint density at radius 3 is 2.81 bits per heavy atom. The average molecular weight is 296 g/mol. The number of hydrogen-bond donors (Lipinski definition) is 2. The molecule has 7 nitrogen and oxygen atoms in total. The Hall–Kier alpha value is -1.76. The van der Waals surface area contributed by atoms with E-state index >= 15 is 0 Å². The summed E-state index contributed by atoms with van der Waals surface area (Å²) in [6.45, 7) is 3.87. The number of ether oxygens (including phenoxy) is 1. The van der Waals surface area contributed by atoms with E-state index in [0.29, 0.717) is 18.8 Å². The van der Waals surface area contributed by atoms with Crippen LogP contribution in [-0.4, -0.2) is 28.4 Å². The van der Waals surface area contributed by atoms with Crippen molar-refractivity contribution in [2.24, 2.45) is 7.05 Å². The standard InChI is InChI=1S/C14H24N4O3/c1-3-4-7-18-12(15)11(13(19)17(2)14(18)20)16-10-6-5-8-21-9-10/h10,16H,3-9,15H2,1-2H3. The molecule has 21 heavy (non-hydrogen) atoms. The van der Waals surface area contributed by atoms with Crippen LogP contribution in [0.3, 0.4) is 0 Å². The fourth-order valence-electron chi connectivity index (χ4n) is 2.51. The molecule has 0 spiro atoms. The van der Waals surface area contributed by atoms with Crippen molar-refractivity contribution in [3.63, 3.8) is 0 Å². The Labute approximate surface area is 123 Å². The van der Waals surface area contributed by atoms with E-state index in [1.807, 2.05) is 6.92 Å². The monoisotopic (exact) mass is 296 g/mol. The molecular formula is C14H24N4O3. The number of hydrogen-bond acceptors (Lipinski definition) is 5. The number of anilines is 2. The van der Waals surface area contributed by atoms with Gasteiger partial charge in [-0.1, -0.05) is 13.3 Å². The number of aromatic nitrogens is 2. The Morgan fingerprint density at radius 2 is 2.19 bits per heavy atom. The summed E-state index contributed by atoms with van der Waals surface area (Å²) in [5.41, 5.74) is 5.62. The summed E-state index contributed by atoms with van der Waals surface area (Å²) in [6.07, 6.45) is 3.67. The SMILES string of the molecule is CCCCn1c(N)c(NC2CCCOC2)c(=O)n(C)c1=O. The highest BCUT2D eigenvalue weighted by atomic mass is 16.5. The molecule has 118 valence electrons. The number of nitrogens with two attached hydrogens (primary N) is 1. The first-order chi connectivity index (χ1) is 10.1. The summed E-state index contributed by atoms with van der Waals surface area (Å²) < 4.78 is 7.98. The van der Waals surface area contributed by atoms with Gasteiger partial charge in [0.15, 0.2) is 0 Å². The number of unbranched alkanes of at least 4 members (excludes halogenated alkanes) is 1. The molecule has 1 aromatic rings. The van der Waals surface area contributed by atoms with Gasteiger partial charge >= 0.3 is 5.69 Å². The van der Waals surface area contributed by atoms with Crippen LogP contribution in [0.4, 0.5) is 11.5 Å². The molecule has 1 fully saturated rings. The molecule has 2 rings (SSSR count). The van der Waals surface area contributed by atoms with E-state index < -0.39 is 0 Å². The van der Waals surface area contributed by atoms with Crippen LogP contribution in [0.5, 0.6) is 0 Å². The highest BCUT2D eigenvalue weighted by Crippen LogP contribution is 2.16. The van der Waals surface area contributed by atoms with Crippen molar-refractivity contribution in [1.29, 1.82) is 0 Å². The minimum atomic E-state index is -0.379. The normalized spacial score (nSPS) is 18.7. The topological polar surface area (TPSA) is 91.3 Å². The van der Waals surface area contributed by atoms with Crippen molar-refractivity contribution in [2.75, 3.05) is 24.3 Å². The maximum absolute atomic E-state index is 12.3. The minimum absolute atomic E-state index is 0.0610. The summed E-state index contributed by atoms with van der Waals surface area (Å²) in [5, 5.41) is 3.16. The van der Waals surface area contributed by atoms with Gasteiger partial charge in [-0.3, -0.25) is 13.9 Å². The Bertz CT molecular complexity index is 599. The zero-order valence-corrected chi connectivity index (χ0v) is 12.7. The van der Waals surface area contributed by atoms with Gasteiger partial charge in [-0.2, -0.15) is 0 Å². The van der Waals surface area contributed by atoms with E-state index in [-0.39, 0.29) is 23.1 Å². The molecule has 0 bridgehead atoms. The molecule has 1 saturated heterocycles. The minimum Gasteiger partial charge on any atom is -0.383 e. The number of rotatable bonds is 5. The second kappa shape index (κ2) is 6.80. The molecule has 2 heterocycles.